The largest absolute Gasteiger partial charge is 1.00 e. The molecule has 58 valence electrons. The van der Waals surface area contributed by atoms with E-state index in [0.717, 1.165) is 0 Å². The van der Waals surface area contributed by atoms with Gasteiger partial charge < -0.3 is 28.2 Å². The molecule has 0 nitrogen and oxygen atoms in total. The molecule has 0 aromatic carbocycles. The van der Waals surface area contributed by atoms with Crippen LogP contribution in [0.4, 0.5) is 0 Å². The van der Waals surface area contributed by atoms with E-state index in [1.54, 1.807) is 0 Å². The number of hydrogen-bond acceptors (Lipinski definition) is 0. The summed E-state index contributed by atoms with van der Waals surface area (Å²) >= 11 is 0. The third-order valence-corrected chi connectivity index (χ3v) is 0. The van der Waals surface area contributed by atoms with E-state index in [-0.39, 0.29) is 60.3 Å². The van der Waals surface area contributed by atoms with Crippen molar-refractivity contribution >= 4 is 11.0 Å². The SMILES string of the molecule is [F-].[F-].[F-].[F-].[F-].[F-].[Si].[W]. The molecular weight excluding hydrogens is 326 g/mol. The normalized spacial score (nSPS) is 0. The van der Waals surface area contributed by atoms with Crippen LogP contribution in [0.2, 0.25) is 0 Å². The average molecular weight is 326 g/mol. The Morgan fingerprint density at radius 3 is 0.375 bits per heavy atom. The standard InChI is InChI=1S/6FH.Si.W/h6*1H;;/p-6. The molecular formula is F6SiW-6. The van der Waals surface area contributed by atoms with Crippen LogP contribution < -0.4 is 28.2 Å². The fourth-order valence-corrected chi connectivity index (χ4v) is 0. The van der Waals surface area contributed by atoms with Crippen molar-refractivity contribution in [1.29, 1.82) is 0 Å². The summed E-state index contributed by atoms with van der Waals surface area (Å²) in [6.07, 6.45) is 0. The Morgan fingerprint density at radius 1 is 0.375 bits per heavy atom. The first-order chi connectivity index (χ1) is 0. The Bertz CT molecular complexity index is 8.49. The topological polar surface area (TPSA) is 0 Å². The zero-order chi connectivity index (χ0) is 0. The summed E-state index contributed by atoms with van der Waals surface area (Å²) in [6.45, 7) is 0. The average Bonchev–Trinajstić information content (AvgIpc) is 0. The molecule has 4 radical (unpaired) electrons. The molecule has 0 aromatic rings. The van der Waals surface area contributed by atoms with Crippen LogP contribution in [0.1, 0.15) is 0 Å². The number of rotatable bonds is 0. The molecule has 0 fully saturated rings. The summed E-state index contributed by atoms with van der Waals surface area (Å²) in [7, 11) is 0. The van der Waals surface area contributed by atoms with Crippen LogP contribution in [-0.2, 0) is 21.1 Å². The Labute approximate surface area is 60.9 Å². The van der Waals surface area contributed by atoms with Crippen molar-refractivity contribution in [2.45, 2.75) is 0 Å². The van der Waals surface area contributed by atoms with Crippen molar-refractivity contribution in [2.24, 2.45) is 0 Å². The molecule has 0 saturated carbocycles. The first kappa shape index (κ1) is 2020. The van der Waals surface area contributed by atoms with Crippen LogP contribution in [0.25, 0.3) is 0 Å². The van der Waals surface area contributed by atoms with Gasteiger partial charge in [-0.3, -0.25) is 0 Å². The van der Waals surface area contributed by atoms with Crippen LogP contribution in [0.15, 0.2) is 0 Å². The molecule has 8 heavy (non-hydrogen) atoms. The molecule has 0 aliphatic rings. The molecule has 0 spiro atoms. The summed E-state index contributed by atoms with van der Waals surface area (Å²) in [5, 5.41) is 0. The molecule has 8 heteroatoms. The molecule has 0 rings (SSSR count). The summed E-state index contributed by atoms with van der Waals surface area (Å²) in [6, 6.07) is 0. The van der Waals surface area contributed by atoms with Gasteiger partial charge in [-0.25, -0.2) is 0 Å². The van der Waals surface area contributed by atoms with Crippen LogP contribution >= 0.6 is 0 Å². The summed E-state index contributed by atoms with van der Waals surface area (Å²) < 4.78 is 0. The first-order valence-electron chi connectivity index (χ1n) is 0. The Balaban J connectivity index is 0. The van der Waals surface area contributed by atoms with Crippen molar-refractivity contribution in [1.82, 2.24) is 0 Å². The molecule has 0 amide bonds. The van der Waals surface area contributed by atoms with E-state index in [1.165, 1.54) is 0 Å². The van der Waals surface area contributed by atoms with Gasteiger partial charge in [-0.05, 0) is 0 Å². The predicted molar refractivity (Wildman–Crippen MR) is 5.75 cm³/mol. The third kappa shape index (κ3) is 829. The molecule has 0 unspecified atom stereocenters. The second kappa shape index (κ2) is 1340. The monoisotopic (exact) mass is 326 g/mol. The number of hydrogen-bond donors (Lipinski definition) is 0. The van der Waals surface area contributed by atoms with Gasteiger partial charge in [0.05, 0.1) is 0 Å². The van der Waals surface area contributed by atoms with E-state index in [0.29, 0.717) is 0 Å². The van der Waals surface area contributed by atoms with E-state index in [9.17, 15) is 0 Å². The quantitative estimate of drug-likeness (QED) is 0.306. The second-order valence-corrected chi connectivity index (χ2v) is 0. The smallest absolute Gasteiger partial charge is 0 e. The van der Waals surface area contributed by atoms with Gasteiger partial charge in [0.1, 0.15) is 0 Å². The molecule has 0 atom stereocenters. The van der Waals surface area contributed by atoms with Gasteiger partial charge in [-0.2, -0.15) is 0 Å². The maximum atomic E-state index is 0. The van der Waals surface area contributed by atoms with E-state index in [1.807, 2.05) is 0 Å². The van der Waals surface area contributed by atoms with Gasteiger partial charge in [0, 0.05) is 32.0 Å². The molecule has 0 saturated heterocycles. The first-order valence-corrected chi connectivity index (χ1v) is 0. The molecule has 0 aliphatic carbocycles. The Hall–Kier alpha value is 0.485. The van der Waals surface area contributed by atoms with Crippen LogP contribution in [0.5, 0.6) is 0 Å². The van der Waals surface area contributed by atoms with Gasteiger partial charge in [-0.1, -0.05) is 0 Å². The summed E-state index contributed by atoms with van der Waals surface area (Å²) in [5.74, 6) is 0. The second-order valence-electron chi connectivity index (χ2n) is 0. The van der Waals surface area contributed by atoms with Gasteiger partial charge in [0.2, 0.25) is 0 Å². The van der Waals surface area contributed by atoms with Crippen molar-refractivity contribution in [3.63, 3.8) is 0 Å². The van der Waals surface area contributed by atoms with Gasteiger partial charge in [0.25, 0.3) is 0 Å². The fourth-order valence-electron chi connectivity index (χ4n) is 0. The van der Waals surface area contributed by atoms with E-state index >= 15 is 0 Å². The fraction of sp³-hybridized carbons (Fsp3) is 0. The Morgan fingerprint density at radius 2 is 0.375 bits per heavy atom. The minimum atomic E-state index is 0. The molecule has 0 heterocycles. The minimum absolute atomic E-state index is 0. The summed E-state index contributed by atoms with van der Waals surface area (Å²) in [4.78, 5) is 0. The number of halogens is 6. The van der Waals surface area contributed by atoms with Crippen LogP contribution in [-0.4, -0.2) is 11.0 Å². The van der Waals surface area contributed by atoms with Crippen molar-refractivity contribution < 1.29 is 49.3 Å². The minimum Gasteiger partial charge on any atom is -1.00 e. The maximum Gasteiger partial charge on any atom is 0 e. The van der Waals surface area contributed by atoms with Crippen molar-refractivity contribution in [2.75, 3.05) is 0 Å². The van der Waals surface area contributed by atoms with Crippen molar-refractivity contribution in [3.05, 3.63) is 0 Å². The van der Waals surface area contributed by atoms with Crippen LogP contribution in [0, 0.1) is 0 Å². The zero-order valence-corrected chi connectivity index (χ0v) is 7.11. The molecule has 0 aliphatic heterocycles. The van der Waals surface area contributed by atoms with E-state index in [2.05, 4.69) is 0 Å². The van der Waals surface area contributed by atoms with Crippen molar-refractivity contribution in [3.8, 4) is 0 Å². The zero-order valence-electron chi connectivity index (χ0n) is 3.18. The van der Waals surface area contributed by atoms with Crippen LogP contribution in [0.3, 0.4) is 0 Å². The van der Waals surface area contributed by atoms with E-state index in [4.69, 9.17) is 0 Å². The Kier molecular flexibility index (Phi) is 338000. The molecule has 0 N–H and O–H groups in total. The molecule has 0 bridgehead atoms. The maximum absolute atomic E-state index is 0. The third-order valence-electron chi connectivity index (χ3n) is 0. The van der Waals surface area contributed by atoms with Gasteiger partial charge >= 0.3 is 0 Å². The molecule has 0 aromatic heterocycles. The van der Waals surface area contributed by atoms with Gasteiger partial charge in [-0.15, -0.1) is 0 Å². The summed E-state index contributed by atoms with van der Waals surface area (Å²) in [5.41, 5.74) is 0. The van der Waals surface area contributed by atoms with Gasteiger partial charge in [0.15, 0.2) is 0 Å². The predicted octanol–water partition coefficient (Wildman–Crippen LogP) is -18.4. The van der Waals surface area contributed by atoms with E-state index < -0.39 is 0 Å².